The number of aromatic nitrogens is 2. The van der Waals surface area contributed by atoms with E-state index in [1.807, 2.05) is 4.90 Å². The zero-order valence-electron chi connectivity index (χ0n) is 16.7. The third-order valence-electron chi connectivity index (χ3n) is 5.65. The minimum Gasteiger partial charge on any atom is -0.423 e. The lowest BCUT2D eigenvalue weighted by atomic mass is 9.98. The Morgan fingerprint density at radius 3 is 2.54 bits per heavy atom. The maximum Gasteiger partial charge on any atom is 0.238 e. The predicted molar refractivity (Wildman–Crippen MR) is 102 cm³/mol. The molecular weight excluding hydrogens is 384 g/mol. The van der Waals surface area contributed by atoms with Gasteiger partial charge in [0, 0.05) is 32.7 Å². The van der Waals surface area contributed by atoms with Crippen molar-refractivity contribution in [3.05, 3.63) is 11.8 Å². The first-order valence-corrected chi connectivity index (χ1v) is 11.7. The molecule has 1 aromatic heterocycles. The number of methoxy groups -OCH3 is 1. The lowest BCUT2D eigenvalue weighted by Crippen LogP contribution is -2.39. The minimum atomic E-state index is -3.15. The van der Waals surface area contributed by atoms with Gasteiger partial charge in [-0.15, -0.1) is 10.2 Å². The van der Waals surface area contributed by atoms with E-state index in [2.05, 4.69) is 10.2 Å². The summed E-state index contributed by atoms with van der Waals surface area (Å²) in [6, 6.07) is -0.181. The monoisotopic (exact) mass is 414 g/mol. The summed E-state index contributed by atoms with van der Waals surface area (Å²) in [6.07, 6.45) is 4.49. The summed E-state index contributed by atoms with van der Waals surface area (Å²) in [5.41, 5.74) is 0. The summed E-state index contributed by atoms with van der Waals surface area (Å²) >= 11 is 0. The first kappa shape index (κ1) is 21.2. The van der Waals surface area contributed by atoms with Crippen LogP contribution in [-0.2, 0) is 19.6 Å². The Bertz CT molecular complexity index is 758. The molecule has 0 aliphatic carbocycles. The fraction of sp³-hybridized carbons (Fsp3) is 0.833. The van der Waals surface area contributed by atoms with Crippen LogP contribution in [0.4, 0.5) is 0 Å². The highest BCUT2D eigenvalue weighted by molar-refractivity contribution is 7.89. The molecule has 0 spiro atoms. The summed E-state index contributed by atoms with van der Waals surface area (Å²) in [4.78, 5) is 14.3. The molecule has 1 aromatic rings. The van der Waals surface area contributed by atoms with Crippen LogP contribution in [0.1, 0.15) is 69.2 Å². The van der Waals surface area contributed by atoms with Crippen LogP contribution in [0.2, 0.25) is 0 Å². The number of rotatable bonds is 7. The Labute approximate surface area is 166 Å². The Morgan fingerprint density at radius 2 is 1.86 bits per heavy atom. The van der Waals surface area contributed by atoms with Crippen molar-refractivity contribution in [3.8, 4) is 0 Å². The average molecular weight is 415 g/mol. The highest BCUT2D eigenvalue weighted by Gasteiger charge is 2.34. The van der Waals surface area contributed by atoms with Crippen LogP contribution < -0.4 is 0 Å². The smallest absolute Gasteiger partial charge is 0.238 e. The molecule has 1 amide bonds. The van der Waals surface area contributed by atoms with Gasteiger partial charge in [0.15, 0.2) is 0 Å². The molecule has 0 aromatic carbocycles. The standard InChI is InChI=1S/C18H30N4O5S/c1-3-28(24,25)21-11-7-14(8-12-21)17-19-20-18(27-17)15-6-4-5-10-22(15)16(23)9-13-26-2/h14-15H,3-13H2,1-2H3. The lowest BCUT2D eigenvalue weighted by Gasteiger charge is -2.33. The van der Waals surface area contributed by atoms with Crippen molar-refractivity contribution in [3.63, 3.8) is 0 Å². The Morgan fingerprint density at radius 1 is 1.14 bits per heavy atom. The van der Waals surface area contributed by atoms with E-state index in [1.54, 1.807) is 14.0 Å². The molecule has 0 bridgehead atoms. The van der Waals surface area contributed by atoms with Crippen LogP contribution in [-0.4, -0.2) is 72.8 Å². The molecule has 3 rings (SSSR count). The number of ether oxygens (including phenoxy) is 1. The minimum absolute atomic E-state index is 0.0457. The van der Waals surface area contributed by atoms with Crippen molar-refractivity contribution in [2.24, 2.45) is 0 Å². The summed E-state index contributed by atoms with van der Waals surface area (Å²) in [5.74, 6) is 1.27. The number of likely N-dealkylation sites (tertiary alicyclic amines) is 1. The summed E-state index contributed by atoms with van der Waals surface area (Å²) in [7, 11) is -1.57. The van der Waals surface area contributed by atoms with Gasteiger partial charge in [0.05, 0.1) is 18.8 Å². The van der Waals surface area contributed by atoms with Crippen LogP contribution in [0.3, 0.4) is 0 Å². The van der Waals surface area contributed by atoms with E-state index >= 15 is 0 Å². The van der Waals surface area contributed by atoms with Crippen molar-refractivity contribution in [2.75, 3.05) is 39.1 Å². The van der Waals surface area contributed by atoms with Gasteiger partial charge in [0.2, 0.25) is 27.7 Å². The molecule has 10 heteroatoms. The van der Waals surface area contributed by atoms with Gasteiger partial charge in [-0.1, -0.05) is 0 Å². The van der Waals surface area contributed by atoms with E-state index in [-0.39, 0.29) is 23.6 Å². The highest BCUT2D eigenvalue weighted by Crippen LogP contribution is 2.34. The van der Waals surface area contributed by atoms with Crippen molar-refractivity contribution in [1.29, 1.82) is 0 Å². The molecule has 0 N–H and O–H groups in total. The molecule has 1 unspecified atom stereocenters. The van der Waals surface area contributed by atoms with Gasteiger partial charge in [-0.2, -0.15) is 0 Å². The molecule has 0 radical (unpaired) electrons. The van der Waals surface area contributed by atoms with Crippen LogP contribution in [0.5, 0.6) is 0 Å². The van der Waals surface area contributed by atoms with E-state index in [0.29, 0.717) is 57.3 Å². The maximum absolute atomic E-state index is 12.5. The molecular formula is C18H30N4O5S. The van der Waals surface area contributed by atoms with Gasteiger partial charge >= 0.3 is 0 Å². The summed E-state index contributed by atoms with van der Waals surface area (Å²) < 4.78 is 36.6. The molecule has 158 valence electrons. The SMILES string of the molecule is CCS(=O)(=O)N1CCC(c2nnc(C3CCCCN3C(=O)CCOC)o2)CC1. The summed E-state index contributed by atoms with van der Waals surface area (Å²) in [6.45, 7) is 3.71. The van der Waals surface area contributed by atoms with Crippen molar-refractivity contribution < 1.29 is 22.4 Å². The average Bonchev–Trinajstić information content (AvgIpc) is 3.22. The van der Waals surface area contributed by atoms with E-state index in [1.165, 1.54) is 4.31 Å². The lowest BCUT2D eigenvalue weighted by molar-refractivity contribution is -0.136. The third kappa shape index (κ3) is 4.72. The predicted octanol–water partition coefficient (Wildman–Crippen LogP) is 1.69. The number of hydrogen-bond donors (Lipinski definition) is 0. The molecule has 2 aliphatic rings. The van der Waals surface area contributed by atoms with Gasteiger partial charge in [-0.25, -0.2) is 12.7 Å². The third-order valence-corrected chi connectivity index (χ3v) is 7.53. The van der Waals surface area contributed by atoms with E-state index in [0.717, 1.165) is 19.3 Å². The molecule has 9 nitrogen and oxygen atoms in total. The second-order valence-corrected chi connectivity index (χ2v) is 9.65. The molecule has 1 atom stereocenters. The Balaban J connectivity index is 1.65. The number of nitrogens with zero attached hydrogens (tertiary/aromatic N) is 4. The second-order valence-electron chi connectivity index (χ2n) is 7.39. The van der Waals surface area contributed by atoms with Crippen molar-refractivity contribution in [1.82, 2.24) is 19.4 Å². The normalized spacial score (nSPS) is 22.5. The van der Waals surface area contributed by atoms with Gasteiger partial charge < -0.3 is 14.1 Å². The Hall–Kier alpha value is -1.52. The molecule has 2 saturated heterocycles. The quantitative estimate of drug-likeness (QED) is 0.668. The molecule has 28 heavy (non-hydrogen) atoms. The zero-order chi connectivity index (χ0) is 20.1. The largest absolute Gasteiger partial charge is 0.423 e. The first-order chi connectivity index (χ1) is 13.5. The molecule has 2 fully saturated rings. The van der Waals surface area contributed by atoms with E-state index in [9.17, 15) is 13.2 Å². The number of hydrogen-bond acceptors (Lipinski definition) is 7. The van der Waals surface area contributed by atoms with E-state index < -0.39 is 10.0 Å². The molecule has 3 heterocycles. The first-order valence-electron chi connectivity index (χ1n) is 10.1. The fourth-order valence-electron chi connectivity index (χ4n) is 3.93. The number of amides is 1. The van der Waals surface area contributed by atoms with Crippen LogP contribution in [0.25, 0.3) is 0 Å². The van der Waals surface area contributed by atoms with Crippen molar-refractivity contribution >= 4 is 15.9 Å². The fourth-order valence-corrected chi connectivity index (χ4v) is 5.06. The maximum atomic E-state index is 12.5. The van der Waals surface area contributed by atoms with Crippen molar-refractivity contribution in [2.45, 2.75) is 57.4 Å². The zero-order valence-corrected chi connectivity index (χ0v) is 17.5. The van der Waals surface area contributed by atoms with Crippen LogP contribution in [0, 0.1) is 0 Å². The molecule has 0 saturated carbocycles. The van der Waals surface area contributed by atoms with Gasteiger partial charge in [-0.05, 0) is 39.0 Å². The number of piperidine rings is 2. The van der Waals surface area contributed by atoms with Crippen LogP contribution in [0.15, 0.2) is 4.42 Å². The summed E-state index contributed by atoms with van der Waals surface area (Å²) in [5, 5.41) is 8.47. The van der Waals surface area contributed by atoms with Gasteiger partial charge in [0.1, 0.15) is 6.04 Å². The van der Waals surface area contributed by atoms with E-state index in [4.69, 9.17) is 9.15 Å². The molecule has 2 aliphatic heterocycles. The van der Waals surface area contributed by atoms with Crippen LogP contribution >= 0.6 is 0 Å². The van der Waals surface area contributed by atoms with Gasteiger partial charge in [0.25, 0.3) is 0 Å². The second kappa shape index (κ2) is 9.32. The topological polar surface area (TPSA) is 106 Å². The highest BCUT2D eigenvalue weighted by atomic mass is 32.2. The Kier molecular flexibility index (Phi) is 7.05. The number of carbonyl (C=O) groups excluding carboxylic acids is 1. The number of carbonyl (C=O) groups is 1. The van der Waals surface area contributed by atoms with Gasteiger partial charge in [-0.3, -0.25) is 4.79 Å². The number of sulfonamides is 1.